The highest BCUT2D eigenvalue weighted by atomic mass is 35.5. The van der Waals surface area contributed by atoms with Gasteiger partial charge in [-0.1, -0.05) is 20.8 Å². The van der Waals surface area contributed by atoms with Crippen LogP contribution in [0.1, 0.15) is 65.7 Å². The summed E-state index contributed by atoms with van der Waals surface area (Å²) in [6, 6.07) is 0. The van der Waals surface area contributed by atoms with Crippen molar-refractivity contribution in [2.75, 3.05) is 0 Å². The van der Waals surface area contributed by atoms with E-state index in [1.807, 2.05) is 0 Å². The molecular weight excluding hydrogens is 264 g/mol. The lowest BCUT2D eigenvalue weighted by molar-refractivity contribution is -0.296. The summed E-state index contributed by atoms with van der Waals surface area (Å²) in [6.07, 6.45) is 10.3. The average Bonchev–Trinajstić information content (AvgIpc) is 2.41. The van der Waals surface area contributed by atoms with Crippen LogP contribution in [0, 0.1) is 45.8 Å². The van der Waals surface area contributed by atoms with Crippen molar-refractivity contribution >= 4 is 11.6 Å². The Morgan fingerprint density at radius 1 is 0.900 bits per heavy atom. The molecule has 1 heteroatoms. The summed E-state index contributed by atoms with van der Waals surface area (Å²) in [5.41, 5.74) is 1.87. The Labute approximate surface area is 129 Å². The average molecular weight is 293 g/mol. The molecule has 7 fully saturated rings. The van der Waals surface area contributed by atoms with E-state index in [0.717, 1.165) is 29.6 Å². The van der Waals surface area contributed by atoms with Crippen molar-refractivity contribution in [3.8, 4) is 0 Å². The fraction of sp³-hybridized carbons (Fsp3) is 1.00. The molecule has 0 aromatic heterocycles. The van der Waals surface area contributed by atoms with Crippen molar-refractivity contribution < 1.29 is 0 Å². The van der Waals surface area contributed by atoms with Gasteiger partial charge in [0.15, 0.2) is 0 Å². The summed E-state index contributed by atoms with van der Waals surface area (Å²) >= 11 is 7.06. The van der Waals surface area contributed by atoms with Crippen molar-refractivity contribution in [2.45, 2.75) is 71.1 Å². The number of hydrogen-bond acceptors (Lipinski definition) is 0. The van der Waals surface area contributed by atoms with Crippen molar-refractivity contribution in [3.05, 3.63) is 0 Å². The van der Waals surface area contributed by atoms with Gasteiger partial charge in [0.05, 0.1) is 0 Å². The second-order valence-electron chi connectivity index (χ2n) is 10.0. The van der Waals surface area contributed by atoms with Crippen LogP contribution in [-0.4, -0.2) is 5.38 Å². The molecule has 8 bridgehead atoms. The lowest BCUT2D eigenvalue weighted by Gasteiger charge is -2.79. The molecule has 7 aliphatic rings. The maximum Gasteiger partial charge on any atom is 0.0395 e. The molecule has 0 amide bonds. The topological polar surface area (TPSA) is 0 Å². The second-order valence-corrected chi connectivity index (χ2v) is 10.5. The van der Waals surface area contributed by atoms with Crippen molar-refractivity contribution in [2.24, 2.45) is 45.8 Å². The van der Waals surface area contributed by atoms with E-state index in [4.69, 9.17) is 11.6 Å². The predicted molar refractivity (Wildman–Crippen MR) is 83.7 cm³/mol. The van der Waals surface area contributed by atoms with Crippen LogP contribution in [0.2, 0.25) is 0 Å². The summed E-state index contributed by atoms with van der Waals surface area (Å²) < 4.78 is 0. The molecule has 5 unspecified atom stereocenters. The molecule has 20 heavy (non-hydrogen) atoms. The molecule has 7 rings (SSSR count). The lowest BCUT2D eigenvalue weighted by atomic mass is 9.26. The zero-order chi connectivity index (χ0) is 13.9. The minimum Gasteiger partial charge on any atom is -0.122 e. The molecule has 0 saturated heterocycles. The molecule has 0 nitrogen and oxygen atoms in total. The third kappa shape index (κ3) is 1.21. The summed E-state index contributed by atoms with van der Waals surface area (Å²) in [4.78, 5) is 0. The third-order valence-electron chi connectivity index (χ3n) is 8.80. The molecule has 5 atom stereocenters. The lowest BCUT2D eigenvalue weighted by Crippen LogP contribution is -2.73. The van der Waals surface area contributed by atoms with Crippen LogP contribution in [0.3, 0.4) is 0 Å². The maximum absolute atomic E-state index is 7.06. The highest BCUT2D eigenvalue weighted by Gasteiger charge is 2.75. The summed E-state index contributed by atoms with van der Waals surface area (Å²) in [5, 5.41) is 0.450. The SMILES string of the molecule is CCC(Cl)C12CC3(C)CC4C5CC(C)(CC41)CC2C5C3. The van der Waals surface area contributed by atoms with Crippen molar-refractivity contribution in [1.29, 1.82) is 0 Å². The Bertz CT molecular complexity index is 442. The largest absolute Gasteiger partial charge is 0.122 e. The summed E-state index contributed by atoms with van der Waals surface area (Å²) in [7, 11) is 0. The Hall–Kier alpha value is 0.290. The van der Waals surface area contributed by atoms with Crippen LogP contribution in [0.5, 0.6) is 0 Å². The second kappa shape index (κ2) is 3.44. The molecule has 0 aromatic rings. The number of rotatable bonds is 2. The van der Waals surface area contributed by atoms with Gasteiger partial charge in [-0.05, 0) is 90.8 Å². The molecule has 7 saturated carbocycles. The van der Waals surface area contributed by atoms with Crippen LogP contribution >= 0.6 is 11.6 Å². The Morgan fingerprint density at radius 2 is 1.45 bits per heavy atom. The quantitative estimate of drug-likeness (QED) is 0.590. The van der Waals surface area contributed by atoms with Gasteiger partial charge >= 0.3 is 0 Å². The Morgan fingerprint density at radius 3 is 2.00 bits per heavy atom. The van der Waals surface area contributed by atoms with Crippen molar-refractivity contribution in [1.82, 2.24) is 0 Å². The monoisotopic (exact) mass is 292 g/mol. The summed E-state index contributed by atoms with van der Waals surface area (Å²) in [6.45, 7) is 7.54. The van der Waals surface area contributed by atoms with E-state index < -0.39 is 0 Å². The molecule has 0 N–H and O–H groups in total. The van der Waals surface area contributed by atoms with E-state index in [2.05, 4.69) is 20.8 Å². The molecule has 0 spiro atoms. The Kier molecular flexibility index (Phi) is 2.20. The van der Waals surface area contributed by atoms with Crippen LogP contribution in [0.4, 0.5) is 0 Å². The first-order valence-corrected chi connectivity index (χ1v) is 9.49. The van der Waals surface area contributed by atoms with Crippen molar-refractivity contribution in [3.63, 3.8) is 0 Å². The molecule has 112 valence electrons. The highest BCUT2D eigenvalue weighted by molar-refractivity contribution is 6.21. The van der Waals surface area contributed by atoms with E-state index in [-0.39, 0.29) is 0 Å². The van der Waals surface area contributed by atoms with Gasteiger partial charge < -0.3 is 0 Å². The highest BCUT2D eigenvalue weighted by Crippen LogP contribution is 2.81. The maximum atomic E-state index is 7.06. The fourth-order valence-corrected chi connectivity index (χ4v) is 9.16. The van der Waals surface area contributed by atoms with Gasteiger partial charge in [0.2, 0.25) is 0 Å². The predicted octanol–water partition coefficient (Wildman–Crippen LogP) is 5.49. The Balaban J connectivity index is 1.70. The smallest absolute Gasteiger partial charge is 0.0395 e. The minimum absolute atomic E-state index is 0.450. The molecule has 7 aliphatic carbocycles. The van der Waals surface area contributed by atoms with Gasteiger partial charge in [-0.3, -0.25) is 0 Å². The first kappa shape index (κ1) is 12.8. The zero-order valence-corrected chi connectivity index (χ0v) is 14.0. The van der Waals surface area contributed by atoms with Gasteiger partial charge in [-0.25, -0.2) is 0 Å². The normalized spacial score (nSPS) is 66.9. The van der Waals surface area contributed by atoms with Gasteiger partial charge in [0, 0.05) is 5.38 Å². The first-order chi connectivity index (χ1) is 9.41. The molecular formula is C19H29Cl. The molecule has 0 aromatic carbocycles. The molecule has 0 aliphatic heterocycles. The van der Waals surface area contributed by atoms with Gasteiger partial charge in [-0.15, -0.1) is 11.6 Å². The minimum atomic E-state index is 0.450. The zero-order valence-electron chi connectivity index (χ0n) is 13.3. The van der Waals surface area contributed by atoms with E-state index in [9.17, 15) is 0 Å². The van der Waals surface area contributed by atoms with Crippen LogP contribution in [-0.2, 0) is 0 Å². The van der Waals surface area contributed by atoms with Gasteiger partial charge in [-0.2, -0.15) is 0 Å². The third-order valence-corrected chi connectivity index (χ3v) is 9.51. The fourth-order valence-electron chi connectivity index (χ4n) is 8.76. The standard InChI is InChI=1S/C19H29Cl/c1-4-16(20)19-10-18(3)6-12-11-5-17(2,8-14(12)19)9-15(19)13(11)7-18/h11-16H,4-10H2,1-3H3. The molecule has 0 heterocycles. The van der Waals surface area contributed by atoms with E-state index in [1.54, 1.807) is 6.42 Å². The number of hydrogen-bond donors (Lipinski definition) is 0. The van der Waals surface area contributed by atoms with E-state index in [1.165, 1.54) is 38.5 Å². The first-order valence-electron chi connectivity index (χ1n) is 9.05. The van der Waals surface area contributed by atoms with Gasteiger partial charge in [0.1, 0.15) is 0 Å². The van der Waals surface area contributed by atoms with Gasteiger partial charge in [0.25, 0.3) is 0 Å². The number of alkyl halides is 1. The number of halogens is 1. The van der Waals surface area contributed by atoms with E-state index in [0.29, 0.717) is 21.6 Å². The summed E-state index contributed by atoms with van der Waals surface area (Å²) in [5.74, 6) is 5.14. The van der Waals surface area contributed by atoms with Crippen LogP contribution in [0.15, 0.2) is 0 Å². The van der Waals surface area contributed by atoms with E-state index >= 15 is 0 Å². The molecule has 0 radical (unpaired) electrons. The van der Waals surface area contributed by atoms with Crippen LogP contribution < -0.4 is 0 Å². The van der Waals surface area contributed by atoms with Crippen LogP contribution in [0.25, 0.3) is 0 Å².